The van der Waals surface area contributed by atoms with Crippen LogP contribution in [0, 0.1) is 11.3 Å². The highest BCUT2D eigenvalue weighted by molar-refractivity contribution is 7.99. The van der Waals surface area contributed by atoms with Gasteiger partial charge in [0, 0.05) is 29.7 Å². The molecule has 0 heterocycles. The largest absolute Gasteiger partial charge is 0.339 e. The Morgan fingerprint density at radius 1 is 1.45 bits per heavy atom. The molecule has 3 nitrogen and oxygen atoms in total. The molecule has 0 aromatic heterocycles. The van der Waals surface area contributed by atoms with Gasteiger partial charge in [-0.3, -0.25) is 4.79 Å². The molecular weight excluding hydrogens is 292 g/mol. The Labute approximate surface area is 128 Å². The third-order valence-corrected chi connectivity index (χ3v) is 4.70. The van der Waals surface area contributed by atoms with E-state index in [0.29, 0.717) is 25.4 Å². The van der Waals surface area contributed by atoms with Crippen molar-refractivity contribution in [2.45, 2.75) is 36.6 Å². The molecule has 0 saturated heterocycles. The van der Waals surface area contributed by atoms with Crippen LogP contribution in [-0.2, 0) is 4.79 Å². The van der Waals surface area contributed by atoms with Crippen LogP contribution in [0.2, 0.25) is 5.02 Å². The lowest BCUT2D eigenvalue weighted by Crippen LogP contribution is -2.34. The van der Waals surface area contributed by atoms with Crippen molar-refractivity contribution in [2.24, 2.45) is 0 Å². The lowest BCUT2D eigenvalue weighted by molar-refractivity contribution is -0.131. The van der Waals surface area contributed by atoms with Crippen molar-refractivity contribution in [3.8, 4) is 6.07 Å². The van der Waals surface area contributed by atoms with E-state index in [2.05, 4.69) is 6.07 Å². The molecule has 0 spiro atoms. The number of carbonyl (C=O) groups is 1. The van der Waals surface area contributed by atoms with Gasteiger partial charge in [0.25, 0.3) is 0 Å². The zero-order valence-corrected chi connectivity index (χ0v) is 12.8. The van der Waals surface area contributed by atoms with Crippen molar-refractivity contribution >= 4 is 29.3 Å². The highest BCUT2D eigenvalue weighted by Crippen LogP contribution is 2.29. The minimum absolute atomic E-state index is 0.155. The van der Waals surface area contributed by atoms with Gasteiger partial charge < -0.3 is 4.90 Å². The molecule has 1 aliphatic carbocycles. The van der Waals surface area contributed by atoms with Crippen LogP contribution < -0.4 is 0 Å². The maximum Gasteiger partial charge on any atom is 0.223 e. The summed E-state index contributed by atoms with van der Waals surface area (Å²) in [6.45, 7) is 0.566. The Morgan fingerprint density at radius 3 is 2.85 bits per heavy atom. The lowest BCUT2D eigenvalue weighted by atomic mass is 10.3. The number of amides is 1. The number of carbonyl (C=O) groups excluding carboxylic acids is 1. The topological polar surface area (TPSA) is 44.1 Å². The van der Waals surface area contributed by atoms with Gasteiger partial charge in [-0.25, -0.2) is 0 Å². The van der Waals surface area contributed by atoms with Crippen LogP contribution in [0.5, 0.6) is 0 Å². The number of rotatable bonds is 7. The summed E-state index contributed by atoms with van der Waals surface area (Å²) >= 11 is 7.68. The summed E-state index contributed by atoms with van der Waals surface area (Å²) in [5.41, 5.74) is 0. The molecule has 2 rings (SSSR count). The van der Waals surface area contributed by atoms with Crippen molar-refractivity contribution in [3.63, 3.8) is 0 Å². The van der Waals surface area contributed by atoms with Crippen molar-refractivity contribution in [1.82, 2.24) is 4.90 Å². The lowest BCUT2D eigenvalue weighted by Gasteiger charge is -2.21. The first-order valence-electron chi connectivity index (χ1n) is 6.76. The Morgan fingerprint density at radius 2 is 2.20 bits per heavy atom. The average Bonchev–Trinajstić information content (AvgIpc) is 3.26. The highest BCUT2D eigenvalue weighted by atomic mass is 35.5. The van der Waals surface area contributed by atoms with Crippen LogP contribution >= 0.6 is 23.4 Å². The minimum Gasteiger partial charge on any atom is -0.339 e. The van der Waals surface area contributed by atoms with Crippen molar-refractivity contribution in [1.29, 1.82) is 5.26 Å². The number of halogens is 1. The quantitative estimate of drug-likeness (QED) is 0.721. The molecule has 5 heteroatoms. The van der Waals surface area contributed by atoms with E-state index in [-0.39, 0.29) is 5.91 Å². The normalized spacial score (nSPS) is 13.8. The van der Waals surface area contributed by atoms with Crippen molar-refractivity contribution in [3.05, 3.63) is 29.3 Å². The fourth-order valence-corrected chi connectivity index (χ4v) is 3.20. The Bertz CT molecular complexity index is 511. The van der Waals surface area contributed by atoms with E-state index in [1.165, 1.54) is 0 Å². The van der Waals surface area contributed by atoms with E-state index in [1.807, 2.05) is 29.2 Å². The number of hydrogen-bond acceptors (Lipinski definition) is 3. The average molecular weight is 309 g/mol. The van der Waals surface area contributed by atoms with Gasteiger partial charge >= 0.3 is 0 Å². The molecule has 1 fully saturated rings. The Hall–Kier alpha value is -1.18. The maximum atomic E-state index is 12.2. The van der Waals surface area contributed by atoms with Crippen LogP contribution in [0.1, 0.15) is 25.7 Å². The van der Waals surface area contributed by atoms with Crippen molar-refractivity contribution < 1.29 is 4.79 Å². The van der Waals surface area contributed by atoms with Gasteiger partial charge in [-0.2, -0.15) is 5.26 Å². The second-order valence-electron chi connectivity index (χ2n) is 4.76. The van der Waals surface area contributed by atoms with Gasteiger partial charge in [-0.15, -0.1) is 11.8 Å². The van der Waals surface area contributed by atoms with E-state index in [4.69, 9.17) is 16.9 Å². The number of nitrogens with zero attached hydrogens (tertiary/aromatic N) is 2. The van der Waals surface area contributed by atoms with Gasteiger partial charge in [0.1, 0.15) is 0 Å². The second-order valence-corrected chi connectivity index (χ2v) is 6.30. The molecule has 1 saturated carbocycles. The first kappa shape index (κ1) is 15.2. The molecule has 0 unspecified atom stereocenters. The number of nitriles is 1. The van der Waals surface area contributed by atoms with Gasteiger partial charge in [0.05, 0.1) is 17.5 Å². The number of benzene rings is 1. The molecule has 0 bridgehead atoms. The van der Waals surface area contributed by atoms with Crippen LogP contribution in [0.4, 0.5) is 0 Å². The third kappa shape index (κ3) is 4.43. The molecule has 106 valence electrons. The summed E-state index contributed by atoms with van der Waals surface area (Å²) in [6.07, 6.45) is 3.07. The van der Waals surface area contributed by atoms with Crippen LogP contribution in [0.15, 0.2) is 29.2 Å². The SMILES string of the molecule is N#CCCN(C(=O)CCSc1ccccc1Cl)C1CC1. The van der Waals surface area contributed by atoms with Crippen LogP contribution in [0.25, 0.3) is 0 Å². The van der Waals surface area contributed by atoms with Crippen LogP contribution in [-0.4, -0.2) is 29.1 Å². The summed E-state index contributed by atoms with van der Waals surface area (Å²) < 4.78 is 0. The molecule has 20 heavy (non-hydrogen) atoms. The van der Waals surface area contributed by atoms with Gasteiger partial charge in [0.2, 0.25) is 5.91 Å². The summed E-state index contributed by atoms with van der Waals surface area (Å²) in [5, 5.41) is 9.38. The van der Waals surface area contributed by atoms with Crippen LogP contribution in [0.3, 0.4) is 0 Å². The molecule has 1 aliphatic rings. The molecule has 0 aliphatic heterocycles. The Kier molecular flexibility index (Phi) is 5.75. The molecular formula is C15H17ClN2OS. The molecule has 1 aromatic carbocycles. The fourth-order valence-electron chi connectivity index (χ4n) is 2.02. The van der Waals surface area contributed by atoms with Crippen molar-refractivity contribution in [2.75, 3.05) is 12.3 Å². The zero-order chi connectivity index (χ0) is 14.4. The predicted molar refractivity (Wildman–Crippen MR) is 81.8 cm³/mol. The number of thioether (sulfide) groups is 1. The molecule has 0 N–H and O–H groups in total. The Balaban J connectivity index is 1.79. The fraction of sp³-hybridized carbons (Fsp3) is 0.467. The molecule has 1 aromatic rings. The monoisotopic (exact) mass is 308 g/mol. The highest BCUT2D eigenvalue weighted by Gasteiger charge is 2.31. The maximum absolute atomic E-state index is 12.2. The van der Waals surface area contributed by atoms with E-state index >= 15 is 0 Å². The minimum atomic E-state index is 0.155. The second kappa shape index (κ2) is 7.56. The first-order valence-corrected chi connectivity index (χ1v) is 8.12. The summed E-state index contributed by atoms with van der Waals surface area (Å²) in [7, 11) is 0. The predicted octanol–water partition coefficient (Wildman–Crippen LogP) is 3.73. The molecule has 1 amide bonds. The summed E-state index contributed by atoms with van der Waals surface area (Å²) in [4.78, 5) is 15.1. The van der Waals surface area contributed by atoms with E-state index < -0.39 is 0 Å². The van der Waals surface area contributed by atoms with Gasteiger partial charge in [0.15, 0.2) is 0 Å². The third-order valence-electron chi connectivity index (χ3n) is 3.18. The molecule has 0 atom stereocenters. The zero-order valence-electron chi connectivity index (χ0n) is 11.2. The van der Waals surface area contributed by atoms with E-state index in [1.54, 1.807) is 11.8 Å². The number of hydrogen-bond donors (Lipinski definition) is 0. The molecule has 0 radical (unpaired) electrons. The van der Waals surface area contributed by atoms with E-state index in [9.17, 15) is 4.79 Å². The van der Waals surface area contributed by atoms with Gasteiger partial charge in [-0.05, 0) is 25.0 Å². The summed E-state index contributed by atoms with van der Waals surface area (Å²) in [5.74, 6) is 0.875. The summed E-state index contributed by atoms with van der Waals surface area (Å²) in [6, 6.07) is 10.1. The first-order chi connectivity index (χ1) is 9.72. The van der Waals surface area contributed by atoms with Gasteiger partial charge in [-0.1, -0.05) is 23.7 Å². The standard InChI is InChI=1S/C15H17ClN2OS/c16-13-4-1-2-5-14(13)20-11-8-15(19)18(10-3-9-17)12-6-7-12/h1-2,4-5,12H,3,6-8,10-11H2. The smallest absolute Gasteiger partial charge is 0.223 e. The van der Waals surface area contributed by atoms with E-state index in [0.717, 1.165) is 28.5 Å².